The SMILES string of the molecule is Cc1cn([C@H]2O[C@H](CO)[C@@H](O)[C@H]2OCCOCCN(C)C)c(=O)[nH]c1=O. The van der Waals surface area contributed by atoms with Crippen molar-refractivity contribution in [1.82, 2.24) is 14.5 Å². The van der Waals surface area contributed by atoms with E-state index in [0.717, 1.165) is 11.1 Å². The van der Waals surface area contributed by atoms with Gasteiger partial charge in [0.05, 0.1) is 26.4 Å². The first-order valence-corrected chi connectivity index (χ1v) is 8.45. The van der Waals surface area contributed by atoms with Gasteiger partial charge in [0.15, 0.2) is 6.23 Å². The highest BCUT2D eigenvalue weighted by atomic mass is 16.6. The zero-order valence-electron chi connectivity index (χ0n) is 15.3. The molecule has 1 aromatic rings. The van der Waals surface area contributed by atoms with Crippen molar-refractivity contribution in [2.45, 2.75) is 31.5 Å². The van der Waals surface area contributed by atoms with Crippen LogP contribution < -0.4 is 11.2 Å². The smallest absolute Gasteiger partial charge is 0.330 e. The van der Waals surface area contributed by atoms with Gasteiger partial charge in [0, 0.05) is 18.3 Å². The van der Waals surface area contributed by atoms with Gasteiger partial charge in [-0.25, -0.2) is 4.79 Å². The molecule has 0 bridgehead atoms. The fourth-order valence-electron chi connectivity index (χ4n) is 2.64. The minimum Gasteiger partial charge on any atom is -0.394 e. The fraction of sp³-hybridized carbons (Fsp3) is 0.750. The Morgan fingerprint density at radius 3 is 2.69 bits per heavy atom. The average molecular weight is 373 g/mol. The Labute approximate surface area is 150 Å². The number of likely N-dealkylation sites (N-methyl/N-ethyl adjacent to an activating group) is 1. The zero-order chi connectivity index (χ0) is 19.3. The molecule has 0 unspecified atom stereocenters. The Morgan fingerprint density at radius 1 is 1.31 bits per heavy atom. The van der Waals surface area contributed by atoms with E-state index in [0.29, 0.717) is 18.8 Å². The molecule has 2 heterocycles. The van der Waals surface area contributed by atoms with Gasteiger partial charge in [0.25, 0.3) is 5.56 Å². The molecule has 1 saturated heterocycles. The number of ether oxygens (including phenoxy) is 3. The lowest BCUT2D eigenvalue weighted by Gasteiger charge is -2.22. The molecule has 3 N–H and O–H groups in total. The van der Waals surface area contributed by atoms with E-state index in [4.69, 9.17) is 14.2 Å². The molecule has 0 radical (unpaired) electrons. The van der Waals surface area contributed by atoms with Crippen LogP contribution >= 0.6 is 0 Å². The summed E-state index contributed by atoms with van der Waals surface area (Å²) < 4.78 is 17.8. The Hall–Kier alpha value is -1.56. The maximum absolute atomic E-state index is 12.1. The summed E-state index contributed by atoms with van der Waals surface area (Å²) in [5, 5.41) is 19.7. The van der Waals surface area contributed by atoms with Gasteiger partial charge >= 0.3 is 5.69 Å². The van der Waals surface area contributed by atoms with E-state index >= 15 is 0 Å². The Morgan fingerprint density at radius 2 is 2.04 bits per heavy atom. The van der Waals surface area contributed by atoms with Crippen molar-refractivity contribution in [3.05, 3.63) is 32.6 Å². The zero-order valence-corrected chi connectivity index (χ0v) is 15.3. The number of aromatic nitrogens is 2. The van der Waals surface area contributed by atoms with Crippen LogP contribution in [-0.4, -0.2) is 90.0 Å². The monoisotopic (exact) mass is 373 g/mol. The summed E-state index contributed by atoms with van der Waals surface area (Å²) in [7, 11) is 3.88. The van der Waals surface area contributed by atoms with E-state index in [1.807, 2.05) is 19.0 Å². The molecule has 0 aromatic carbocycles. The molecule has 1 aromatic heterocycles. The molecule has 0 spiro atoms. The van der Waals surface area contributed by atoms with Crippen LogP contribution in [0.1, 0.15) is 11.8 Å². The number of aliphatic hydroxyl groups excluding tert-OH is 2. The van der Waals surface area contributed by atoms with Gasteiger partial charge in [0.2, 0.25) is 0 Å². The van der Waals surface area contributed by atoms with Crippen LogP contribution in [0.5, 0.6) is 0 Å². The Balaban J connectivity index is 2.05. The predicted octanol–water partition coefficient (Wildman–Crippen LogP) is -1.94. The predicted molar refractivity (Wildman–Crippen MR) is 92.2 cm³/mol. The Bertz CT molecular complexity index is 687. The maximum atomic E-state index is 12.1. The lowest BCUT2D eigenvalue weighted by molar-refractivity contribution is -0.0847. The van der Waals surface area contributed by atoms with Crippen LogP contribution in [0.4, 0.5) is 0 Å². The number of hydrogen-bond acceptors (Lipinski definition) is 8. The van der Waals surface area contributed by atoms with Gasteiger partial charge in [-0.2, -0.15) is 0 Å². The highest BCUT2D eigenvalue weighted by Gasteiger charge is 2.45. The summed E-state index contributed by atoms with van der Waals surface area (Å²) in [5.74, 6) is 0. The number of aromatic amines is 1. The second-order valence-electron chi connectivity index (χ2n) is 6.47. The van der Waals surface area contributed by atoms with Gasteiger partial charge < -0.3 is 29.3 Å². The first-order chi connectivity index (χ1) is 12.3. The summed E-state index contributed by atoms with van der Waals surface area (Å²) in [5.41, 5.74) is -0.844. The molecule has 10 nitrogen and oxygen atoms in total. The molecular formula is C16H27N3O7. The van der Waals surface area contributed by atoms with Crippen molar-refractivity contribution in [3.8, 4) is 0 Å². The van der Waals surface area contributed by atoms with Crippen LogP contribution in [0.25, 0.3) is 0 Å². The average Bonchev–Trinajstić information content (AvgIpc) is 2.90. The van der Waals surface area contributed by atoms with Gasteiger partial charge in [-0.15, -0.1) is 0 Å². The summed E-state index contributed by atoms with van der Waals surface area (Å²) in [6.45, 7) is 2.95. The number of hydrogen-bond donors (Lipinski definition) is 3. The van der Waals surface area contributed by atoms with Gasteiger partial charge in [0.1, 0.15) is 18.3 Å². The fourth-order valence-corrected chi connectivity index (χ4v) is 2.64. The van der Waals surface area contributed by atoms with Crippen LogP contribution in [0, 0.1) is 6.92 Å². The van der Waals surface area contributed by atoms with Crippen LogP contribution in [0.2, 0.25) is 0 Å². The van der Waals surface area contributed by atoms with Crippen molar-refractivity contribution in [3.63, 3.8) is 0 Å². The highest BCUT2D eigenvalue weighted by Crippen LogP contribution is 2.30. The third kappa shape index (κ3) is 5.00. The molecular weight excluding hydrogens is 346 g/mol. The normalized spacial score (nSPS) is 25.9. The summed E-state index contributed by atoms with van der Waals surface area (Å²) in [4.78, 5) is 27.8. The summed E-state index contributed by atoms with van der Waals surface area (Å²) >= 11 is 0. The number of aryl methyl sites for hydroxylation is 1. The lowest BCUT2D eigenvalue weighted by Crippen LogP contribution is -2.40. The molecule has 0 saturated carbocycles. The second-order valence-corrected chi connectivity index (χ2v) is 6.47. The van der Waals surface area contributed by atoms with E-state index in [-0.39, 0.29) is 6.61 Å². The van der Waals surface area contributed by atoms with Crippen molar-refractivity contribution in [1.29, 1.82) is 0 Å². The summed E-state index contributed by atoms with van der Waals surface area (Å²) in [6.07, 6.45) is -2.51. The second kappa shape index (κ2) is 9.40. The molecule has 1 fully saturated rings. The van der Waals surface area contributed by atoms with E-state index < -0.39 is 42.4 Å². The third-order valence-electron chi connectivity index (χ3n) is 4.13. The van der Waals surface area contributed by atoms with Crippen molar-refractivity contribution in [2.24, 2.45) is 0 Å². The van der Waals surface area contributed by atoms with E-state index in [1.165, 1.54) is 6.20 Å². The van der Waals surface area contributed by atoms with Crippen molar-refractivity contribution < 1.29 is 24.4 Å². The largest absolute Gasteiger partial charge is 0.394 e. The topological polar surface area (TPSA) is 126 Å². The third-order valence-corrected chi connectivity index (χ3v) is 4.13. The van der Waals surface area contributed by atoms with E-state index in [9.17, 15) is 19.8 Å². The molecule has 10 heteroatoms. The molecule has 1 aliphatic heterocycles. The molecule has 148 valence electrons. The number of rotatable bonds is 9. The molecule has 0 aliphatic carbocycles. The minimum absolute atomic E-state index is 0.185. The highest BCUT2D eigenvalue weighted by molar-refractivity contribution is 5.03. The quantitative estimate of drug-likeness (QED) is 0.427. The number of nitrogens with one attached hydrogen (secondary N) is 1. The molecule has 4 atom stereocenters. The van der Waals surface area contributed by atoms with E-state index in [2.05, 4.69) is 4.98 Å². The van der Waals surface area contributed by atoms with Gasteiger partial charge in [-0.05, 0) is 21.0 Å². The lowest BCUT2D eigenvalue weighted by atomic mass is 10.1. The number of nitrogens with zero attached hydrogens (tertiary/aromatic N) is 2. The van der Waals surface area contributed by atoms with E-state index in [1.54, 1.807) is 6.92 Å². The minimum atomic E-state index is -1.12. The van der Waals surface area contributed by atoms with Crippen LogP contribution in [0.15, 0.2) is 15.8 Å². The first kappa shape index (κ1) is 20.7. The van der Waals surface area contributed by atoms with Crippen LogP contribution in [-0.2, 0) is 14.2 Å². The van der Waals surface area contributed by atoms with Gasteiger partial charge in [-0.3, -0.25) is 14.3 Å². The maximum Gasteiger partial charge on any atom is 0.330 e. The Kier molecular flexibility index (Phi) is 7.50. The van der Waals surface area contributed by atoms with Crippen LogP contribution in [0.3, 0.4) is 0 Å². The molecule has 2 rings (SSSR count). The first-order valence-electron chi connectivity index (χ1n) is 8.45. The molecule has 26 heavy (non-hydrogen) atoms. The standard InChI is InChI=1S/C16H27N3O7/c1-10-8-19(16(23)17-14(10)22)15-13(12(21)11(9-20)26-15)25-7-6-24-5-4-18(2)3/h8,11-13,15,20-21H,4-7,9H2,1-3H3,(H,17,22,23)/t11-,12-,13-,15+/m1/s1. The number of H-pyrrole nitrogens is 1. The van der Waals surface area contributed by atoms with Crippen molar-refractivity contribution in [2.75, 3.05) is 47.1 Å². The van der Waals surface area contributed by atoms with Gasteiger partial charge in [-0.1, -0.05) is 0 Å². The number of aliphatic hydroxyl groups is 2. The molecule has 1 aliphatic rings. The van der Waals surface area contributed by atoms with Crippen molar-refractivity contribution >= 4 is 0 Å². The summed E-state index contributed by atoms with van der Waals surface area (Å²) in [6, 6.07) is 0. The molecule has 0 amide bonds.